The number of phenolic OH excluding ortho intramolecular Hbond substituents is 1. The summed E-state index contributed by atoms with van der Waals surface area (Å²) in [4.78, 5) is 11.5. The van der Waals surface area contributed by atoms with Gasteiger partial charge in [-0.25, -0.2) is 4.39 Å². The van der Waals surface area contributed by atoms with Crippen molar-refractivity contribution in [1.29, 1.82) is 0 Å². The van der Waals surface area contributed by atoms with E-state index >= 15 is 0 Å². The Balaban J connectivity index is 2.29. The van der Waals surface area contributed by atoms with Crippen molar-refractivity contribution in [3.05, 3.63) is 59.9 Å². The van der Waals surface area contributed by atoms with Gasteiger partial charge in [0.2, 0.25) is 5.91 Å². The normalized spacial score (nSPS) is 11.8. The number of aromatic hydroxyl groups is 1. The highest BCUT2D eigenvalue weighted by Gasteiger charge is 2.20. The van der Waals surface area contributed by atoms with Gasteiger partial charge < -0.3 is 16.2 Å². The van der Waals surface area contributed by atoms with Crippen molar-refractivity contribution in [3.63, 3.8) is 0 Å². The van der Waals surface area contributed by atoms with Crippen molar-refractivity contribution >= 4 is 11.6 Å². The summed E-state index contributed by atoms with van der Waals surface area (Å²) in [6.45, 7) is 0. The molecule has 1 amide bonds. The van der Waals surface area contributed by atoms with Crippen molar-refractivity contribution < 1.29 is 14.3 Å². The van der Waals surface area contributed by atoms with E-state index < -0.39 is 11.9 Å². The van der Waals surface area contributed by atoms with Crippen LogP contribution >= 0.6 is 0 Å². The van der Waals surface area contributed by atoms with Crippen LogP contribution in [0, 0.1) is 5.82 Å². The number of phenols is 1. The van der Waals surface area contributed by atoms with Crippen LogP contribution in [0.3, 0.4) is 0 Å². The van der Waals surface area contributed by atoms with Crippen molar-refractivity contribution in [2.45, 2.75) is 6.04 Å². The van der Waals surface area contributed by atoms with Crippen LogP contribution in [0.2, 0.25) is 0 Å². The number of nitrogens with one attached hydrogen (secondary N) is 1. The number of para-hydroxylation sites is 1. The Kier molecular flexibility index (Phi) is 3.66. The van der Waals surface area contributed by atoms with Crippen LogP contribution in [0.4, 0.5) is 10.1 Å². The average Bonchev–Trinajstić information content (AvgIpc) is 2.39. The molecule has 19 heavy (non-hydrogen) atoms. The van der Waals surface area contributed by atoms with Gasteiger partial charge in [0, 0.05) is 11.3 Å². The number of nitrogens with two attached hydrogens (primary N) is 1. The molecular formula is C14H13FN2O2. The number of amides is 1. The van der Waals surface area contributed by atoms with Crippen molar-refractivity contribution in [1.82, 2.24) is 0 Å². The molecule has 2 rings (SSSR count). The van der Waals surface area contributed by atoms with E-state index in [2.05, 4.69) is 5.32 Å². The molecule has 0 bridgehead atoms. The Morgan fingerprint density at radius 2 is 1.79 bits per heavy atom. The summed E-state index contributed by atoms with van der Waals surface area (Å²) in [5.41, 5.74) is 6.24. The van der Waals surface area contributed by atoms with Gasteiger partial charge >= 0.3 is 0 Å². The van der Waals surface area contributed by atoms with Crippen LogP contribution < -0.4 is 11.1 Å². The predicted molar refractivity (Wildman–Crippen MR) is 70.1 cm³/mol. The SMILES string of the molecule is NC(=O)C(Nc1ccc(F)cc1)c1ccccc1O. The van der Waals surface area contributed by atoms with Crippen LogP contribution in [0.25, 0.3) is 0 Å². The number of rotatable bonds is 4. The number of primary amides is 1. The van der Waals surface area contributed by atoms with Gasteiger partial charge in [-0.15, -0.1) is 0 Å². The summed E-state index contributed by atoms with van der Waals surface area (Å²) in [5, 5.41) is 12.6. The summed E-state index contributed by atoms with van der Waals surface area (Å²) < 4.78 is 12.8. The van der Waals surface area contributed by atoms with E-state index in [9.17, 15) is 14.3 Å². The molecule has 1 atom stereocenters. The first-order chi connectivity index (χ1) is 9.08. The second-order valence-electron chi connectivity index (χ2n) is 4.05. The van der Waals surface area contributed by atoms with Gasteiger partial charge in [-0.3, -0.25) is 4.79 Å². The lowest BCUT2D eigenvalue weighted by atomic mass is 10.0. The zero-order valence-electron chi connectivity index (χ0n) is 10.0. The Hall–Kier alpha value is -2.56. The highest BCUT2D eigenvalue weighted by Crippen LogP contribution is 2.26. The molecule has 0 aliphatic rings. The fraction of sp³-hybridized carbons (Fsp3) is 0.0714. The van der Waals surface area contributed by atoms with E-state index in [1.807, 2.05) is 0 Å². The first-order valence-electron chi connectivity index (χ1n) is 5.67. The second-order valence-corrected chi connectivity index (χ2v) is 4.05. The first kappa shape index (κ1) is 12.9. The molecule has 2 aromatic carbocycles. The molecule has 2 aromatic rings. The van der Waals surface area contributed by atoms with Gasteiger partial charge in [-0.1, -0.05) is 18.2 Å². The van der Waals surface area contributed by atoms with E-state index in [0.29, 0.717) is 11.3 Å². The molecule has 0 fully saturated rings. The second kappa shape index (κ2) is 5.39. The third-order valence-corrected chi connectivity index (χ3v) is 2.69. The molecule has 98 valence electrons. The number of benzene rings is 2. The highest BCUT2D eigenvalue weighted by molar-refractivity contribution is 5.85. The van der Waals surface area contributed by atoms with Gasteiger partial charge in [0.25, 0.3) is 0 Å². The smallest absolute Gasteiger partial charge is 0.244 e. The fourth-order valence-electron chi connectivity index (χ4n) is 1.75. The largest absolute Gasteiger partial charge is 0.508 e. The number of hydrogen-bond donors (Lipinski definition) is 3. The fourth-order valence-corrected chi connectivity index (χ4v) is 1.75. The van der Waals surface area contributed by atoms with Crippen LogP contribution in [-0.2, 0) is 4.79 Å². The monoisotopic (exact) mass is 260 g/mol. The van der Waals surface area contributed by atoms with E-state index in [1.165, 1.54) is 30.3 Å². The number of hydrogen-bond acceptors (Lipinski definition) is 3. The first-order valence-corrected chi connectivity index (χ1v) is 5.67. The molecule has 4 nitrogen and oxygen atoms in total. The summed E-state index contributed by atoms with van der Waals surface area (Å²) in [5.74, 6) is -1.03. The molecule has 0 aliphatic carbocycles. The molecule has 0 radical (unpaired) electrons. The molecule has 0 spiro atoms. The lowest BCUT2D eigenvalue weighted by Gasteiger charge is -2.18. The molecule has 0 saturated carbocycles. The molecular weight excluding hydrogens is 247 g/mol. The quantitative estimate of drug-likeness (QED) is 0.788. The van der Waals surface area contributed by atoms with Gasteiger partial charge in [-0.05, 0) is 30.3 Å². The lowest BCUT2D eigenvalue weighted by molar-refractivity contribution is -0.118. The van der Waals surface area contributed by atoms with E-state index in [0.717, 1.165) is 0 Å². The minimum Gasteiger partial charge on any atom is -0.508 e. The maximum absolute atomic E-state index is 12.8. The molecule has 0 saturated heterocycles. The van der Waals surface area contributed by atoms with Gasteiger partial charge in [0.1, 0.15) is 17.6 Å². The third kappa shape index (κ3) is 3.01. The van der Waals surface area contributed by atoms with Gasteiger partial charge in [0.15, 0.2) is 0 Å². The summed E-state index contributed by atoms with van der Waals surface area (Å²) >= 11 is 0. The third-order valence-electron chi connectivity index (χ3n) is 2.69. The molecule has 0 heterocycles. The Morgan fingerprint density at radius 3 is 2.37 bits per heavy atom. The van der Waals surface area contributed by atoms with E-state index in [-0.39, 0.29) is 11.6 Å². The molecule has 0 aromatic heterocycles. The van der Waals surface area contributed by atoms with Gasteiger partial charge in [0.05, 0.1) is 0 Å². The number of carbonyl (C=O) groups excluding carboxylic acids is 1. The van der Waals surface area contributed by atoms with Gasteiger partial charge in [-0.2, -0.15) is 0 Å². The van der Waals surface area contributed by atoms with Crippen LogP contribution in [0.15, 0.2) is 48.5 Å². The summed E-state index contributed by atoms with van der Waals surface area (Å²) in [6, 6.07) is 11.0. The number of carbonyl (C=O) groups is 1. The maximum atomic E-state index is 12.8. The topological polar surface area (TPSA) is 75.4 Å². The Labute approximate surface area is 109 Å². The molecule has 4 N–H and O–H groups in total. The number of anilines is 1. The highest BCUT2D eigenvalue weighted by atomic mass is 19.1. The average molecular weight is 260 g/mol. The Bertz CT molecular complexity index is 584. The van der Waals surface area contributed by atoms with Crippen molar-refractivity contribution in [3.8, 4) is 5.75 Å². The van der Waals surface area contributed by atoms with Crippen LogP contribution in [0.1, 0.15) is 11.6 Å². The molecule has 1 unspecified atom stereocenters. The molecule has 5 heteroatoms. The zero-order valence-corrected chi connectivity index (χ0v) is 10.0. The summed E-state index contributed by atoms with van der Waals surface area (Å²) in [7, 11) is 0. The van der Waals surface area contributed by atoms with E-state index in [1.54, 1.807) is 18.2 Å². The van der Waals surface area contributed by atoms with Crippen molar-refractivity contribution in [2.75, 3.05) is 5.32 Å². The number of halogens is 1. The van der Waals surface area contributed by atoms with E-state index in [4.69, 9.17) is 5.73 Å². The van der Waals surface area contributed by atoms with Crippen LogP contribution in [0.5, 0.6) is 5.75 Å². The maximum Gasteiger partial charge on any atom is 0.244 e. The van der Waals surface area contributed by atoms with Crippen molar-refractivity contribution in [2.24, 2.45) is 5.73 Å². The Morgan fingerprint density at radius 1 is 1.16 bits per heavy atom. The molecule has 0 aliphatic heterocycles. The minimum atomic E-state index is -0.883. The predicted octanol–water partition coefficient (Wildman–Crippen LogP) is 2.17. The lowest BCUT2D eigenvalue weighted by Crippen LogP contribution is -2.27. The zero-order chi connectivity index (χ0) is 13.8. The van der Waals surface area contributed by atoms with Crippen LogP contribution in [-0.4, -0.2) is 11.0 Å². The summed E-state index contributed by atoms with van der Waals surface area (Å²) in [6.07, 6.45) is 0. The standard InChI is InChI=1S/C14H13FN2O2/c15-9-5-7-10(8-6-9)17-13(14(16)19)11-3-1-2-4-12(11)18/h1-8,13,17-18H,(H2,16,19). The minimum absolute atomic E-state index is 0.0269.